The van der Waals surface area contributed by atoms with Crippen LogP contribution in [0.25, 0.3) is 0 Å². The molecule has 0 saturated heterocycles. The van der Waals surface area contributed by atoms with Crippen LogP contribution < -0.4 is 5.48 Å². The topological polar surface area (TPSA) is 61.8 Å². The summed E-state index contributed by atoms with van der Waals surface area (Å²) in [5, 5.41) is 9.20. The molecular formula is C23H31FN2O3. The third-order valence-electron chi connectivity index (χ3n) is 5.23. The highest BCUT2D eigenvalue weighted by Gasteiger charge is 2.25. The molecule has 2 N–H and O–H groups in total. The first-order valence-electron chi connectivity index (χ1n) is 9.94. The standard InChI is InChI=1S/C23H31FN2O3/c1-17(2)26(16-18-7-5-4-6-8-18)14-13-20(23(27)25-28)15-22(29-3)19-9-11-21(24)12-10-19/h4-12,17,20,22,28H,13-16H2,1-3H3,(H,25,27)/t20-,22+/m0/s1. The first kappa shape index (κ1) is 23.0. The molecule has 0 aliphatic heterocycles. The number of nitrogens with one attached hydrogen (secondary N) is 1. The minimum absolute atomic E-state index is 0.309. The fourth-order valence-corrected chi connectivity index (χ4v) is 3.41. The Morgan fingerprint density at radius 3 is 2.34 bits per heavy atom. The molecule has 2 aromatic carbocycles. The molecule has 1 amide bonds. The van der Waals surface area contributed by atoms with E-state index in [4.69, 9.17) is 4.74 Å². The van der Waals surface area contributed by atoms with Crippen molar-refractivity contribution in [2.24, 2.45) is 5.92 Å². The van der Waals surface area contributed by atoms with Crippen molar-refractivity contribution in [3.05, 3.63) is 71.5 Å². The molecule has 158 valence electrons. The van der Waals surface area contributed by atoms with Crippen LogP contribution in [0.4, 0.5) is 4.39 Å². The first-order valence-corrected chi connectivity index (χ1v) is 9.94. The van der Waals surface area contributed by atoms with Gasteiger partial charge in [0.1, 0.15) is 5.82 Å². The number of methoxy groups -OCH3 is 1. The van der Waals surface area contributed by atoms with Crippen LogP contribution in [0.15, 0.2) is 54.6 Å². The normalized spacial score (nSPS) is 13.5. The van der Waals surface area contributed by atoms with E-state index in [0.717, 1.165) is 12.1 Å². The zero-order chi connectivity index (χ0) is 21.2. The fourth-order valence-electron chi connectivity index (χ4n) is 3.41. The average Bonchev–Trinajstić information content (AvgIpc) is 2.73. The number of hydroxylamine groups is 1. The van der Waals surface area contributed by atoms with Gasteiger partial charge >= 0.3 is 0 Å². The molecule has 6 heteroatoms. The number of benzene rings is 2. The van der Waals surface area contributed by atoms with Crippen LogP contribution in [0.5, 0.6) is 0 Å². The van der Waals surface area contributed by atoms with Gasteiger partial charge in [0.05, 0.1) is 6.10 Å². The SMILES string of the molecule is CO[C@H](C[C@H](CCN(Cc1ccccc1)C(C)C)C(=O)NO)c1ccc(F)cc1. The number of amides is 1. The number of hydrogen-bond donors (Lipinski definition) is 2. The lowest BCUT2D eigenvalue weighted by atomic mass is 9.93. The number of rotatable bonds is 11. The summed E-state index contributed by atoms with van der Waals surface area (Å²) in [6.45, 7) is 5.74. The van der Waals surface area contributed by atoms with Crippen molar-refractivity contribution in [3.63, 3.8) is 0 Å². The Morgan fingerprint density at radius 2 is 1.79 bits per heavy atom. The number of hydrogen-bond acceptors (Lipinski definition) is 4. The van der Waals surface area contributed by atoms with E-state index in [0.29, 0.717) is 25.4 Å². The molecule has 2 aromatic rings. The first-order chi connectivity index (χ1) is 13.9. The summed E-state index contributed by atoms with van der Waals surface area (Å²) >= 11 is 0. The molecule has 0 saturated carbocycles. The average molecular weight is 403 g/mol. The molecule has 0 aromatic heterocycles. The number of carbonyl (C=O) groups is 1. The Labute approximate surface area is 172 Å². The van der Waals surface area contributed by atoms with E-state index in [2.05, 4.69) is 30.9 Å². The van der Waals surface area contributed by atoms with Crippen LogP contribution >= 0.6 is 0 Å². The van der Waals surface area contributed by atoms with Crippen molar-refractivity contribution in [1.82, 2.24) is 10.4 Å². The van der Waals surface area contributed by atoms with Crippen LogP contribution in [-0.2, 0) is 16.1 Å². The van der Waals surface area contributed by atoms with Gasteiger partial charge in [-0.25, -0.2) is 9.87 Å². The van der Waals surface area contributed by atoms with Gasteiger partial charge in [0.15, 0.2) is 0 Å². The second-order valence-corrected chi connectivity index (χ2v) is 7.52. The van der Waals surface area contributed by atoms with Crippen molar-refractivity contribution >= 4 is 5.91 Å². The van der Waals surface area contributed by atoms with Crippen molar-refractivity contribution in [3.8, 4) is 0 Å². The summed E-state index contributed by atoms with van der Waals surface area (Å²) in [6, 6.07) is 16.6. The lowest BCUT2D eigenvalue weighted by Crippen LogP contribution is -2.36. The predicted octanol–water partition coefficient (Wildman–Crippen LogP) is 4.33. The fraction of sp³-hybridized carbons (Fsp3) is 0.435. The molecule has 0 aliphatic rings. The zero-order valence-electron chi connectivity index (χ0n) is 17.3. The van der Waals surface area contributed by atoms with E-state index in [1.165, 1.54) is 17.7 Å². The van der Waals surface area contributed by atoms with Gasteiger partial charge < -0.3 is 4.74 Å². The Balaban J connectivity index is 2.06. The maximum Gasteiger partial charge on any atom is 0.246 e. The summed E-state index contributed by atoms with van der Waals surface area (Å²) in [7, 11) is 1.57. The van der Waals surface area contributed by atoms with Crippen LogP contribution in [0, 0.1) is 11.7 Å². The monoisotopic (exact) mass is 402 g/mol. The lowest BCUT2D eigenvalue weighted by molar-refractivity contribution is -0.135. The molecule has 0 radical (unpaired) electrons. The summed E-state index contributed by atoms with van der Waals surface area (Å²) < 4.78 is 18.8. The van der Waals surface area contributed by atoms with Crippen molar-refractivity contribution in [1.29, 1.82) is 0 Å². The van der Waals surface area contributed by atoms with Gasteiger partial charge in [-0.05, 0) is 56.5 Å². The molecule has 0 aliphatic carbocycles. The van der Waals surface area contributed by atoms with E-state index < -0.39 is 11.8 Å². The molecule has 2 rings (SSSR count). The minimum atomic E-state index is -0.438. The number of halogens is 1. The largest absolute Gasteiger partial charge is 0.377 e. The molecule has 0 heterocycles. The predicted molar refractivity (Wildman–Crippen MR) is 111 cm³/mol. The van der Waals surface area contributed by atoms with Crippen LogP contribution in [-0.4, -0.2) is 35.7 Å². The van der Waals surface area contributed by atoms with E-state index in [1.807, 2.05) is 18.2 Å². The molecule has 5 nitrogen and oxygen atoms in total. The van der Waals surface area contributed by atoms with Gasteiger partial charge in [-0.15, -0.1) is 0 Å². The highest BCUT2D eigenvalue weighted by molar-refractivity contribution is 5.77. The van der Waals surface area contributed by atoms with Crippen LogP contribution in [0.2, 0.25) is 0 Å². The highest BCUT2D eigenvalue weighted by atomic mass is 19.1. The van der Waals surface area contributed by atoms with E-state index in [9.17, 15) is 14.4 Å². The van der Waals surface area contributed by atoms with Crippen molar-refractivity contribution in [2.75, 3.05) is 13.7 Å². The number of nitrogens with zero attached hydrogens (tertiary/aromatic N) is 1. The van der Waals surface area contributed by atoms with Crippen LogP contribution in [0.3, 0.4) is 0 Å². The second kappa shape index (κ2) is 11.7. The molecule has 2 atom stereocenters. The van der Waals surface area contributed by atoms with Gasteiger partial charge in [-0.2, -0.15) is 0 Å². The quantitative estimate of drug-likeness (QED) is 0.434. The summed E-state index contributed by atoms with van der Waals surface area (Å²) in [5.74, 6) is -1.19. The molecule has 0 bridgehead atoms. The molecule has 0 fully saturated rings. The third-order valence-corrected chi connectivity index (χ3v) is 5.23. The van der Waals surface area contributed by atoms with E-state index >= 15 is 0 Å². The number of carbonyl (C=O) groups excluding carboxylic acids is 1. The second-order valence-electron chi connectivity index (χ2n) is 7.52. The van der Waals surface area contributed by atoms with E-state index in [1.54, 1.807) is 24.7 Å². The lowest BCUT2D eigenvalue weighted by Gasteiger charge is -2.29. The van der Waals surface area contributed by atoms with Gasteiger partial charge in [-0.1, -0.05) is 42.5 Å². The van der Waals surface area contributed by atoms with Gasteiger partial charge in [0, 0.05) is 25.6 Å². The third kappa shape index (κ3) is 7.24. The molecule has 0 spiro atoms. The van der Waals surface area contributed by atoms with Gasteiger partial charge in [-0.3, -0.25) is 14.9 Å². The van der Waals surface area contributed by atoms with Crippen molar-refractivity contribution in [2.45, 2.75) is 45.4 Å². The maximum absolute atomic E-state index is 13.2. The molecule has 0 unspecified atom stereocenters. The smallest absolute Gasteiger partial charge is 0.246 e. The Kier molecular flexibility index (Phi) is 9.25. The Bertz CT molecular complexity index is 738. The summed E-state index contributed by atoms with van der Waals surface area (Å²) in [5.41, 5.74) is 3.80. The Hall–Kier alpha value is -2.28. The molecular weight excluding hydrogens is 371 g/mol. The zero-order valence-corrected chi connectivity index (χ0v) is 17.3. The van der Waals surface area contributed by atoms with Gasteiger partial charge in [0.2, 0.25) is 5.91 Å². The summed E-state index contributed by atoms with van der Waals surface area (Å²) in [4.78, 5) is 14.6. The number of ether oxygens (including phenoxy) is 1. The Morgan fingerprint density at radius 1 is 1.14 bits per heavy atom. The molecule has 29 heavy (non-hydrogen) atoms. The van der Waals surface area contributed by atoms with Crippen LogP contribution in [0.1, 0.15) is 43.9 Å². The van der Waals surface area contributed by atoms with Gasteiger partial charge in [0.25, 0.3) is 0 Å². The minimum Gasteiger partial charge on any atom is -0.377 e. The maximum atomic E-state index is 13.2. The highest BCUT2D eigenvalue weighted by Crippen LogP contribution is 2.27. The summed E-state index contributed by atoms with van der Waals surface area (Å²) in [6.07, 6.45) is 0.601. The van der Waals surface area contributed by atoms with Crippen molar-refractivity contribution < 1.29 is 19.1 Å². The van der Waals surface area contributed by atoms with E-state index in [-0.39, 0.29) is 11.9 Å².